The number of amides is 2. The number of hydrogen-bond donors (Lipinski definition) is 1. The molecule has 2 heterocycles. The smallest absolute Gasteiger partial charge is 0.321 e. The first-order valence-electron chi connectivity index (χ1n) is 9.49. The molecule has 0 aliphatic carbocycles. The molecule has 7 nitrogen and oxygen atoms in total. The van der Waals surface area contributed by atoms with Gasteiger partial charge in [-0.25, -0.2) is 9.78 Å². The van der Waals surface area contributed by atoms with Crippen molar-refractivity contribution < 1.29 is 4.79 Å². The van der Waals surface area contributed by atoms with Gasteiger partial charge in [-0.15, -0.1) is 0 Å². The van der Waals surface area contributed by atoms with E-state index in [-0.39, 0.29) is 6.03 Å². The van der Waals surface area contributed by atoms with Gasteiger partial charge >= 0.3 is 6.03 Å². The summed E-state index contributed by atoms with van der Waals surface area (Å²) in [4.78, 5) is 21.1. The SMILES string of the molecule is N#Cc1cccc(NC(=O)N2CCN(c3nc(Cc4ccc(Cl)cc4)ns3)CC2)c1. The van der Waals surface area contributed by atoms with E-state index >= 15 is 0 Å². The summed E-state index contributed by atoms with van der Waals surface area (Å²) in [7, 11) is 0. The first-order chi connectivity index (χ1) is 14.6. The number of nitrogens with zero attached hydrogens (tertiary/aromatic N) is 5. The van der Waals surface area contributed by atoms with Crippen LogP contribution in [0.15, 0.2) is 48.5 Å². The molecule has 30 heavy (non-hydrogen) atoms. The van der Waals surface area contributed by atoms with E-state index in [4.69, 9.17) is 16.9 Å². The second-order valence-corrected chi connectivity index (χ2v) is 8.06. The lowest BCUT2D eigenvalue weighted by Crippen LogP contribution is -2.50. The zero-order valence-electron chi connectivity index (χ0n) is 16.1. The Balaban J connectivity index is 1.31. The Morgan fingerprint density at radius 3 is 2.67 bits per heavy atom. The second kappa shape index (κ2) is 9.11. The average molecular weight is 439 g/mol. The van der Waals surface area contributed by atoms with Gasteiger partial charge in [-0.1, -0.05) is 29.8 Å². The van der Waals surface area contributed by atoms with Crippen LogP contribution in [0.1, 0.15) is 17.0 Å². The van der Waals surface area contributed by atoms with Crippen molar-refractivity contribution in [1.82, 2.24) is 14.3 Å². The Kier molecular flexibility index (Phi) is 6.12. The van der Waals surface area contributed by atoms with Crippen LogP contribution in [0.3, 0.4) is 0 Å². The number of benzene rings is 2. The number of hydrogen-bond acceptors (Lipinski definition) is 6. The van der Waals surface area contributed by atoms with Crippen molar-refractivity contribution in [2.75, 3.05) is 36.4 Å². The van der Waals surface area contributed by atoms with Gasteiger partial charge in [0.25, 0.3) is 0 Å². The Morgan fingerprint density at radius 1 is 1.17 bits per heavy atom. The molecule has 0 unspecified atom stereocenters. The molecular formula is C21H19ClN6OS. The maximum absolute atomic E-state index is 12.5. The third-order valence-electron chi connectivity index (χ3n) is 4.81. The Bertz CT molecular complexity index is 1070. The largest absolute Gasteiger partial charge is 0.343 e. The molecule has 1 aromatic heterocycles. The van der Waals surface area contributed by atoms with Gasteiger partial charge in [-0.2, -0.15) is 9.64 Å². The highest BCUT2D eigenvalue weighted by Crippen LogP contribution is 2.21. The van der Waals surface area contributed by atoms with Gasteiger partial charge in [-0.05, 0) is 35.9 Å². The minimum Gasteiger partial charge on any atom is -0.343 e. The first kappa shape index (κ1) is 20.1. The summed E-state index contributed by atoms with van der Waals surface area (Å²) in [6, 6.07) is 16.5. The molecule has 9 heteroatoms. The summed E-state index contributed by atoms with van der Waals surface area (Å²) in [5.74, 6) is 0.787. The van der Waals surface area contributed by atoms with Crippen LogP contribution < -0.4 is 10.2 Å². The predicted molar refractivity (Wildman–Crippen MR) is 118 cm³/mol. The van der Waals surface area contributed by atoms with Crippen molar-refractivity contribution in [3.05, 3.63) is 70.5 Å². The molecule has 4 rings (SSSR count). The Morgan fingerprint density at radius 2 is 1.93 bits per heavy atom. The first-order valence-corrected chi connectivity index (χ1v) is 10.6. The van der Waals surface area contributed by atoms with Gasteiger partial charge in [0.2, 0.25) is 5.13 Å². The van der Waals surface area contributed by atoms with Crippen LogP contribution in [-0.4, -0.2) is 46.5 Å². The maximum Gasteiger partial charge on any atom is 0.321 e. The summed E-state index contributed by atoms with van der Waals surface area (Å²) in [6.07, 6.45) is 0.664. The zero-order chi connectivity index (χ0) is 20.9. The fourth-order valence-electron chi connectivity index (χ4n) is 3.20. The van der Waals surface area contributed by atoms with E-state index in [0.717, 1.165) is 16.5 Å². The van der Waals surface area contributed by atoms with E-state index in [9.17, 15) is 4.79 Å². The molecule has 0 bridgehead atoms. The monoisotopic (exact) mass is 438 g/mol. The molecule has 1 aliphatic heterocycles. The van der Waals surface area contributed by atoms with E-state index in [1.807, 2.05) is 24.3 Å². The molecule has 0 spiro atoms. The highest BCUT2D eigenvalue weighted by atomic mass is 35.5. The highest BCUT2D eigenvalue weighted by Gasteiger charge is 2.23. The fraction of sp³-hybridized carbons (Fsp3) is 0.238. The number of urea groups is 1. The van der Waals surface area contributed by atoms with E-state index in [1.165, 1.54) is 11.5 Å². The third-order valence-corrected chi connectivity index (χ3v) is 5.88. The Hall–Kier alpha value is -3.15. The number of piperazine rings is 1. The van der Waals surface area contributed by atoms with E-state index in [0.29, 0.717) is 48.9 Å². The van der Waals surface area contributed by atoms with Crippen molar-refractivity contribution in [3.63, 3.8) is 0 Å². The standard InChI is InChI=1S/C21H19ClN6OS/c22-17-6-4-15(5-7-17)13-19-25-21(30-26-19)28-10-8-27(9-11-28)20(29)24-18-3-1-2-16(12-18)14-23/h1-7,12H,8-11,13H2,(H,24,29). The van der Waals surface area contributed by atoms with Gasteiger partial charge in [0.1, 0.15) is 5.82 Å². The molecule has 3 aromatic rings. The molecule has 2 aromatic carbocycles. The lowest BCUT2D eigenvalue weighted by atomic mass is 10.1. The van der Waals surface area contributed by atoms with Crippen LogP contribution in [0.5, 0.6) is 0 Å². The minimum atomic E-state index is -0.162. The number of carbonyl (C=O) groups is 1. The summed E-state index contributed by atoms with van der Waals surface area (Å²) in [5, 5.41) is 13.4. The number of aromatic nitrogens is 2. The summed E-state index contributed by atoms with van der Waals surface area (Å²) < 4.78 is 4.47. The van der Waals surface area contributed by atoms with Crippen LogP contribution in [0, 0.1) is 11.3 Å². The highest BCUT2D eigenvalue weighted by molar-refractivity contribution is 7.09. The lowest BCUT2D eigenvalue weighted by Gasteiger charge is -2.34. The fourth-order valence-corrected chi connectivity index (χ4v) is 4.06. The van der Waals surface area contributed by atoms with Crippen molar-refractivity contribution in [3.8, 4) is 6.07 Å². The van der Waals surface area contributed by atoms with E-state index in [2.05, 4.69) is 25.6 Å². The molecule has 0 radical (unpaired) electrons. The minimum absolute atomic E-state index is 0.162. The quantitative estimate of drug-likeness (QED) is 0.665. The van der Waals surface area contributed by atoms with Gasteiger partial charge in [0.05, 0.1) is 11.6 Å². The molecule has 2 amide bonds. The number of carbonyl (C=O) groups excluding carboxylic acids is 1. The predicted octanol–water partition coefficient (Wildman–Crippen LogP) is 4.01. The third kappa shape index (κ3) is 4.87. The van der Waals surface area contributed by atoms with E-state index < -0.39 is 0 Å². The number of nitriles is 1. The topological polar surface area (TPSA) is 85.2 Å². The average Bonchev–Trinajstić information content (AvgIpc) is 3.24. The van der Waals surface area contributed by atoms with Crippen molar-refractivity contribution >= 4 is 40.0 Å². The van der Waals surface area contributed by atoms with Crippen LogP contribution in [0.25, 0.3) is 0 Å². The number of nitrogens with one attached hydrogen (secondary N) is 1. The van der Waals surface area contributed by atoms with Crippen LogP contribution in [0.4, 0.5) is 15.6 Å². The van der Waals surface area contributed by atoms with Crippen molar-refractivity contribution in [1.29, 1.82) is 5.26 Å². The number of halogens is 1. The lowest BCUT2D eigenvalue weighted by molar-refractivity contribution is 0.208. The Labute approximate surface area is 183 Å². The summed E-state index contributed by atoms with van der Waals surface area (Å²) in [5.41, 5.74) is 2.26. The summed E-state index contributed by atoms with van der Waals surface area (Å²) in [6.45, 7) is 2.58. The van der Waals surface area contributed by atoms with Gasteiger partial charge < -0.3 is 15.1 Å². The molecule has 1 N–H and O–H groups in total. The van der Waals surface area contributed by atoms with Gasteiger partial charge in [-0.3, -0.25) is 0 Å². The summed E-state index contributed by atoms with van der Waals surface area (Å²) >= 11 is 7.32. The second-order valence-electron chi connectivity index (χ2n) is 6.89. The van der Waals surface area contributed by atoms with Crippen molar-refractivity contribution in [2.45, 2.75) is 6.42 Å². The molecule has 1 saturated heterocycles. The molecule has 1 fully saturated rings. The molecule has 1 aliphatic rings. The number of rotatable bonds is 4. The maximum atomic E-state index is 12.5. The van der Waals surface area contributed by atoms with Gasteiger partial charge in [0.15, 0.2) is 0 Å². The number of anilines is 2. The van der Waals surface area contributed by atoms with Gasteiger partial charge in [0, 0.05) is 54.8 Å². The van der Waals surface area contributed by atoms with Crippen LogP contribution in [0.2, 0.25) is 5.02 Å². The molecule has 0 saturated carbocycles. The van der Waals surface area contributed by atoms with E-state index in [1.54, 1.807) is 29.2 Å². The zero-order valence-corrected chi connectivity index (χ0v) is 17.7. The molecule has 152 valence electrons. The van der Waals surface area contributed by atoms with Crippen LogP contribution in [-0.2, 0) is 6.42 Å². The molecular weight excluding hydrogens is 420 g/mol. The normalized spacial score (nSPS) is 13.7. The molecule has 0 atom stereocenters. The van der Waals surface area contributed by atoms with Crippen LogP contribution >= 0.6 is 23.1 Å². The van der Waals surface area contributed by atoms with Crippen molar-refractivity contribution in [2.24, 2.45) is 0 Å².